The quantitative estimate of drug-likeness (QED) is 0.308. The number of aryl methyl sites for hydroxylation is 1. The Morgan fingerprint density at radius 3 is 2.54 bits per heavy atom. The van der Waals surface area contributed by atoms with Crippen LogP contribution in [0, 0.1) is 13.8 Å². The minimum Gasteiger partial charge on any atom is -0.508 e. The van der Waals surface area contributed by atoms with Crippen LogP contribution in [0.3, 0.4) is 0 Å². The number of hydrogen-bond donors (Lipinski definition) is 4. The Labute approximate surface area is 244 Å². The molecule has 0 spiro atoms. The number of pyridine rings is 1. The zero-order chi connectivity index (χ0) is 29.7. The summed E-state index contributed by atoms with van der Waals surface area (Å²) in [5, 5.41) is 27.3. The number of phenolic OH excluding ortho intramolecular Hbond substituents is 1. The van der Waals surface area contributed by atoms with E-state index in [-0.39, 0.29) is 36.1 Å². The topological polar surface area (TPSA) is 132 Å². The van der Waals surface area contributed by atoms with Crippen LogP contribution < -0.4 is 10.6 Å². The molecule has 3 aromatic rings. The molecule has 1 aromatic heterocycles. The van der Waals surface area contributed by atoms with Crippen molar-refractivity contribution in [1.82, 2.24) is 20.5 Å². The summed E-state index contributed by atoms with van der Waals surface area (Å²) in [6.07, 6.45) is 1.95. The third-order valence-corrected chi connectivity index (χ3v) is 8.84. The Kier molecular flexibility index (Phi) is 9.35. The molecule has 1 fully saturated rings. The molecule has 3 amide bonds. The van der Waals surface area contributed by atoms with Gasteiger partial charge in [0, 0.05) is 34.8 Å². The minimum absolute atomic E-state index is 0.0268. The van der Waals surface area contributed by atoms with E-state index in [4.69, 9.17) is 0 Å². The van der Waals surface area contributed by atoms with Gasteiger partial charge in [-0.2, -0.15) is 0 Å². The molecule has 1 aliphatic heterocycles. The van der Waals surface area contributed by atoms with Crippen LogP contribution in [0.5, 0.6) is 5.75 Å². The molecule has 4 N–H and O–H groups in total. The molecular formula is C31H36N4O5S. The summed E-state index contributed by atoms with van der Waals surface area (Å²) >= 11 is 1.45. The van der Waals surface area contributed by atoms with E-state index < -0.39 is 34.7 Å². The first kappa shape index (κ1) is 30.1. The van der Waals surface area contributed by atoms with Crippen LogP contribution in [0.1, 0.15) is 46.5 Å². The number of nitrogens with one attached hydrogen (secondary N) is 2. The van der Waals surface area contributed by atoms with Gasteiger partial charge in [0.1, 0.15) is 11.8 Å². The van der Waals surface area contributed by atoms with E-state index in [2.05, 4.69) is 15.6 Å². The van der Waals surface area contributed by atoms with E-state index in [1.807, 2.05) is 57.2 Å². The predicted octanol–water partition coefficient (Wildman–Crippen LogP) is 3.10. The summed E-state index contributed by atoms with van der Waals surface area (Å²) in [6, 6.07) is 13.9. The lowest BCUT2D eigenvalue weighted by Gasteiger charge is -2.33. The Morgan fingerprint density at radius 1 is 1.10 bits per heavy atom. The van der Waals surface area contributed by atoms with Crippen molar-refractivity contribution in [2.24, 2.45) is 0 Å². The maximum atomic E-state index is 13.8. The summed E-state index contributed by atoms with van der Waals surface area (Å²) in [4.78, 5) is 46.0. The standard InChI is InChI=1S/C31H36N4O5S/c1-19-16-32-14-13-22(19)17-33-29(39)27-31(3,4)41-18-35(27)30(40)26(37)24(15-21-9-6-5-7-10-21)34-28(38)23-11-8-12-25(36)20(23)2/h5-14,16,24,26-27,36-37H,15,17-18H2,1-4H3,(H,33,39)(H,34,38)/t24-,26-,27+/m0/s1. The number of rotatable bonds is 9. The van der Waals surface area contributed by atoms with E-state index in [0.29, 0.717) is 5.56 Å². The number of aliphatic hydroxyl groups is 1. The van der Waals surface area contributed by atoms with Gasteiger partial charge in [-0.05, 0) is 69.0 Å². The summed E-state index contributed by atoms with van der Waals surface area (Å²) in [6.45, 7) is 7.61. The number of carbonyl (C=O) groups excluding carboxylic acids is 3. The average Bonchev–Trinajstić information content (AvgIpc) is 3.28. The summed E-state index contributed by atoms with van der Waals surface area (Å²) in [7, 11) is 0. The van der Waals surface area contributed by atoms with E-state index in [9.17, 15) is 24.6 Å². The highest BCUT2D eigenvalue weighted by atomic mass is 32.2. The zero-order valence-electron chi connectivity index (χ0n) is 23.6. The molecule has 4 rings (SSSR count). The van der Waals surface area contributed by atoms with Crippen molar-refractivity contribution in [3.8, 4) is 5.75 Å². The van der Waals surface area contributed by atoms with Crippen LogP contribution in [0.15, 0.2) is 67.0 Å². The second kappa shape index (κ2) is 12.7. The lowest BCUT2D eigenvalue weighted by atomic mass is 9.96. The number of phenols is 1. The molecule has 0 aliphatic carbocycles. The number of hydrogen-bond acceptors (Lipinski definition) is 7. The molecule has 2 aromatic carbocycles. The molecule has 0 bridgehead atoms. The number of amides is 3. The highest BCUT2D eigenvalue weighted by Gasteiger charge is 2.49. The van der Waals surface area contributed by atoms with Gasteiger partial charge >= 0.3 is 0 Å². The first-order chi connectivity index (χ1) is 19.5. The third kappa shape index (κ3) is 6.89. The fourth-order valence-electron chi connectivity index (χ4n) is 4.96. The monoisotopic (exact) mass is 576 g/mol. The Hall–Kier alpha value is -3.89. The Bertz CT molecular complexity index is 1410. The second-order valence-electron chi connectivity index (χ2n) is 10.8. The molecule has 1 saturated heterocycles. The highest BCUT2D eigenvalue weighted by Crippen LogP contribution is 2.40. The second-order valence-corrected chi connectivity index (χ2v) is 12.4. The smallest absolute Gasteiger partial charge is 0.254 e. The van der Waals surface area contributed by atoms with Gasteiger partial charge in [0.2, 0.25) is 5.91 Å². The number of aliphatic hydroxyl groups excluding tert-OH is 1. The number of aromatic hydroxyl groups is 1. The van der Waals surface area contributed by atoms with Crippen molar-refractivity contribution in [3.05, 3.63) is 94.8 Å². The van der Waals surface area contributed by atoms with E-state index in [1.165, 1.54) is 22.7 Å². The molecule has 0 radical (unpaired) electrons. The van der Waals surface area contributed by atoms with Crippen LogP contribution in [0.4, 0.5) is 0 Å². The Morgan fingerprint density at radius 2 is 1.83 bits per heavy atom. The molecule has 9 nitrogen and oxygen atoms in total. The van der Waals surface area contributed by atoms with Crippen LogP contribution in [-0.4, -0.2) is 66.6 Å². The summed E-state index contributed by atoms with van der Waals surface area (Å²) in [5.41, 5.74) is 3.31. The van der Waals surface area contributed by atoms with E-state index in [0.717, 1.165) is 16.7 Å². The van der Waals surface area contributed by atoms with Crippen molar-refractivity contribution in [2.75, 3.05) is 5.88 Å². The van der Waals surface area contributed by atoms with Crippen LogP contribution in [0.25, 0.3) is 0 Å². The van der Waals surface area contributed by atoms with Crippen molar-refractivity contribution in [1.29, 1.82) is 0 Å². The highest BCUT2D eigenvalue weighted by molar-refractivity contribution is 8.00. The maximum Gasteiger partial charge on any atom is 0.254 e. The zero-order valence-corrected chi connectivity index (χ0v) is 24.4. The van der Waals surface area contributed by atoms with Gasteiger partial charge in [-0.25, -0.2) is 0 Å². The fourth-order valence-corrected chi connectivity index (χ4v) is 6.10. The van der Waals surface area contributed by atoms with Crippen molar-refractivity contribution in [2.45, 2.75) is 63.6 Å². The van der Waals surface area contributed by atoms with E-state index in [1.54, 1.807) is 31.5 Å². The molecule has 0 saturated carbocycles. The molecule has 1 aliphatic rings. The third-order valence-electron chi connectivity index (χ3n) is 7.47. The summed E-state index contributed by atoms with van der Waals surface area (Å²) < 4.78 is -0.608. The van der Waals surface area contributed by atoms with Crippen LogP contribution >= 0.6 is 11.8 Å². The van der Waals surface area contributed by atoms with Gasteiger partial charge in [0.05, 0.1) is 11.9 Å². The largest absolute Gasteiger partial charge is 0.508 e. The maximum absolute atomic E-state index is 13.8. The molecule has 216 valence electrons. The number of benzene rings is 2. The first-order valence-corrected chi connectivity index (χ1v) is 14.4. The number of carbonyl (C=O) groups is 3. The van der Waals surface area contributed by atoms with Crippen molar-refractivity contribution in [3.63, 3.8) is 0 Å². The minimum atomic E-state index is -1.62. The lowest BCUT2D eigenvalue weighted by Crippen LogP contribution is -2.58. The number of nitrogens with zero attached hydrogens (tertiary/aromatic N) is 2. The molecule has 3 atom stereocenters. The van der Waals surface area contributed by atoms with Gasteiger partial charge in [-0.1, -0.05) is 36.4 Å². The number of thioether (sulfide) groups is 1. The molecular weight excluding hydrogens is 540 g/mol. The summed E-state index contributed by atoms with van der Waals surface area (Å²) in [5.74, 6) is -1.30. The SMILES string of the molecule is Cc1cnccc1CNC(=O)[C@H]1N(C(=O)[C@@H](O)[C@H](Cc2ccccc2)NC(=O)c2cccc(O)c2C)CSC1(C)C. The Balaban J connectivity index is 1.56. The van der Waals surface area contributed by atoms with E-state index >= 15 is 0 Å². The fraction of sp³-hybridized carbons (Fsp3) is 0.355. The normalized spacial score (nSPS) is 17.5. The van der Waals surface area contributed by atoms with Crippen LogP contribution in [0.2, 0.25) is 0 Å². The van der Waals surface area contributed by atoms with Crippen LogP contribution in [-0.2, 0) is 22.6 Å². The van der Waals surface area contributed by atoms with Gasteiger partial charge in [-0.15, -0.1) is 11.8 Å². The van der Waals surface area contributed by atoms with Gasteiger partial charge < -0.3 is 25.7 Å². The molecule has 41 heavy (non-hydrogen) atoms. The number of aromatic nitrogens is 1. The average molecular weight is 577 g/mol. The van der Waals surface area contributed by atoms with Crippen molar-refractivity contribution >= 4 is 29.5 Å². The van der Waals surface area contributed by atoms with Gasteiger partial charge in [-0.3, -0.25) is 19.4 Å². The predicted molar refractivity (Wildman–Crippen MR) is 158 cm³/mol. The molecule has 2 heterocycles. The van der Waals surface area contributed by atoms with Gasteiger partial charge in [0.25, 0.3) is 11.8 Å². The first-order valence-electron chi connectivity index (χ1n) is 13.4. The van der Waals surface area contributed by atoms with Gasteiger partial charge in [0.15, 0.2) is 6.10 Å². The molecule has 10 heteroatoms. The van der Waals surface area contributed by atoms with Crippen molar-refractivity contribution < 1.29 is 24.6 Å². The molecule has 0 unspecified atom stereocenters. The lowest BCUT2D eigenvalue weighted by molar-refractivity contribution is -0.147.